The monoisotopic (exact) mass is 281 g/mol. The summed E-state index contributed by atoms with van der Waals surface area (Å²) in [5.74, 6) is 1.05. The van der Waals surface area contributed by atoms with Gasteiger partial charge >= 0.3 is 0 Å². The van der Waals surface area contributed by atoms with Crippen LogP contribution in [0.25, 0.3) is 0 Å². The fourth-order valence-corrected chi connectivity index (χ4v) is 1.74. The van der Waals surface area contributed by atoms with Crippen molar-refractivity contribution in [3.05, 3.63) is 22.2 Å². The normalized spacial score (nSPS) is 12.2. The number of pyridine rings is 1. The molecule has 112 valence electrons. The summed E-state index contributed by atoms with van der Waals surface area (Å²) in [6.07, 6.45) is 0.938. The highest BCUT2D eigenvalue weighted by Crippen LogP contribution is 2.21. The smallest absolute Gasteiger partial charge is 0.276 e. The molecule has 20 heavy (non-hydrogen) atoms. The molecule has 1 heterocycles. The fraction of sp³-hybridized carbons (Fsp3) is 0.615. The fourth-order valence-electron chi connectivity index (χ4n) is 1.74. The van der Waals surface area contributed by atoms with Gasteiger partial charge in [0, 0.05) is 12.6 Å². The van der Waals surface area contributed by atoms with E-state index < -0.39 is 4.92 Å². The van der Waals surface area contributed by atoms with Gasteiger partial charge in [-0.05, 0) is 40.9 Å². The summed E-state index contributed by atoms with van der Waals surface area (Å²) in [6.45, 7) is 5.58. The Morgan fingerprint density at radius 2 is 2.05 bits per heavy atom. The molecule has 0 aromatic carbocycles. The van der Waals surface area contributed by atoms with Crippen LogP contribution in [-0.4, -0.2) is 48.0 Å². The molecule has 1 aromatic heterocycles. The molecule has 1 rings (SSSR count). The predicted octanol–water partition coefficient (Wildman–Crippen LogP) is 2.17. The summed E-state index contributed by atoms with van der Waals surface area (Å²) in [7, 11) is 4.03. The number of nitrogens with zero attached hydrogens (tertiary/aromatic N) is 3. The molecule has 0 aliphatic carbocycles. The van der Waals surface area contributed by atoms with Gasteiger partial charge in [-0.3, -0.25) is 10.1 Å². The highest BCUT2D eigenvalue weighted by atomic mass is 16.6. The van der Waals surface area contributed by atoms with Crippen molar-refractivity contribution < 1.29 is 4.92 Å². The van der Waals surface area contributed by atoms with Crippen LogP contribution in [0.15, 0.2) is 12.1 Å². The lowest BCUT2D eigenvalue weighted by molar-refractivity contribution is -0.384. The van der Waals surface area contributed by atoms with Crippen molar-refractivity contribution in [2.24, 2.45) is 0 Å². The lowest BCUT2D eigenvalue weighted by Crippen LogP contribution is -2.23. The third-order valence-electron chi connectivity index (χ3n) is 2.78. The zero-order chi connectivity index (χ0) is 15.1. The van der Waals surface area contributed by atoms with E-state index in [1.807, 2.05) is 27.9 Å². The minimum atomic E-state index is -0.405. The second-order valence-electron chi connectivity index (χ2n) is 5.02. The molecule has 1 atom stereocenters. The van der Waals surface area contributed by atoms with Crippen molar-refractivity contribution in [1.29, 1.82) is 0 Å². The lowest BCUT2D eigenvalue weighted by Gasteiger charge is -2.17. The van der Waals surface area contributed by atoms with Crippen LogP contribution in [0.3, 0.4) is 0 Å². The minimum absolute atomic E-state index is 0.0401. The van der Waals surface area contributed by atoms with Crippen molar-refractivity contribution in [3.63, 3.8) is 0 Å². The van der Waals surface area contributed by atoms with Gasteiger partial charge < -0.3 is 15.5 Å². The van der Waals surface area contributed by atoms with Crippen molar-refractivity contribution in [3.8, 4) is 0 Å². The molecule has 0 amide bonds. The van der Waals surface area contributed by atoms with Crippen molar-refractivity contribution in [2.45, 2.75) is 26.3 Å². The van der Waals surface area contributed by atoms with Gasteiger partial charge in [0.15, 0.2) is 0 Å². The molecule has 0 spiro atoms. The number of rotatable bonds is 8. The van der Waals surface area contributed by atoms with E-state index in [0.717, 1.165) is 13.0 Å². The highest BCUT2D eigenvalue weighted by Gasteiger charge is 2.12. The van der Waals surface area contributed by atoms with E-state index in [9.17, 15) is 10.1 Å². The Bertz CT molecular complexity index is 450. The predicted molar refractivity (Wildman–Crippen MR) is 81.3 cm³/mol. The SMILES string of the molecule is CCNc1cc([N+](=O)[O-])cc(NC(C)CCN(C)C)n1. The average molecular weight is 281 g/mol. The van der Waals surface area contributed by atoms with Gasteiger partial charge in [0.25, 0.3) is 5.69 Å². The summed E-state index contributed by atoms with van der Waals surface area (Å²) < 4.78 is 0. The average Bonchev–Trinajstić information content (AvgIpc) is 2.36. The molecule has 0 saturated heterocycles. The van der Waals surface area contributed by atoms with Crippen LogP contribution in [0, 0.1) is 10.1 Å². The van der Waals surface area contributed by atoms with Gasteiger partial charge in [0.05, 0.1) is 17.1 Å². The molecule has 1 aromatic rings. The van der Waals surface area contributed by atoms with Gasteiger partial charge in [-0.1, -0.05) is 0 Å². The zero-order valence-corrected chi connectivity index (χ0v) is 12.5. The molecule has 0 aliphatic rings. The van der Waals surface area contributed by atoms with E-state index in [1.54, 1.807) is 0 Å². The first-order valence-corrected chi connectivity index (χ1v) is 6.74. The third-order valence-corrected chi connectivity index (χ3v) is 2.78. The van der Waals surface area contributed by atoms with Crippen LogP contribution in [0.1, 0.15) is 20.3 Å². The van der Waals surface area contributed by atoms with Crippen molar-refractivity contribution in [1.82, 2.24) is 9.88 Å². The number of hydrogen-bond donors (Lipinski definition) is 2. The standard InChI is InChI=1S/C13H23N5O2/c1-5-14-12-8-11(18(19)20)9-13(16-12)15-10(2)6-7-17(3)4/h8-10H,5-7H2,1-4H3,(H2,14,15,16). The zero-order valence-electron chi connectivity index (χ0n) is 12.5. The largest absolute Gasteiger partial charge is 0.370 e. The number of nitro groups is 1. The number of aromatic nitrogens is 1. The Labute approximate surface area is 119 Å². The van der Waals surface area contributed by atoms with Crippen molar-refractivity contribution in [2.75, 3.05) is 37.8 Å². The Kier molecular flexibility index (Phi) is 6.17. The van der Waals surface area contributed by atoms with Gasteiger partial charge in [-0.15, -0.1) is 0 Å². The van der Waals surface area contributed by atoms with E-state index in [2.05, 4.69) is 20.5 Å². The van der Waals surface area contributed by atoms with E-state index in [-0.39, 0.29) is 11.7 Å². The topological polar surface area (TPSA) is 83.3 Å². The minimum Gasteiger partial charge on any atom is -0.370 e. The molecule has 1 unspecified atom stereocenters. The molecule has 0 radical (unpaired) electrons. The maximum absolute atomic E-state index is 10.9. The molecule has 0 bridgehead atoms. The lowest BCUT2D eigenvalue weighted by atomic mass is 10.2. The Morgan fingerprint density at radius 3 is 2.60 bits per heavy atom. The molecule has 0 saturated carbocycles. The molecular weight excluding hydrogens is 258 g/mol. The third kappa shape index (κ3) is 5.40. The second kappa shape index (κ2) is 7.64. The number of nitrogens with one attached hydrogen (secondary N) is 2. The number of anilines is 2. The first kappa shape index (κ1) is 16.2. The van der Waals surface area contributed by atoms with Crippen LogP contribution in [0.5, 0.6) is 0 Å². The van der Waals surface area contributed by atoms with Crippen LogP contribution in [-0.2, 0) is 0 Å². The second-order valence-corrected chi connectivity index (χ2v) is 5.02. The maximum atomic E-state index is 10.9. The summed E-state index contributed by atoms with van der Waals surface area (Å²) in [6, 6.07) is 3.10. The van der Waals surface area contributed by atoms with Crippen LogP contribution < -0.4 is 10.6 Å². The molecular formula is C13H23N5O2. The molecule has 0 aliphatic heterocycles. The van der Waals surface area contributed by atoms with Gasteiger partial charge in [-0.25, -0.2) is 4.98 Å². The first-order valence-electron chi connectivity index (χ1n) is 6.74. The van der Waals surface area contributed by atoms with E-state index in [0.29, 0.717) is 18.2 Å². The summed E-state index contributed by atoms with van der Waals surface area (Å²) in [4.78, 5) is 17.0. The van der Waals surface area contributed by atoms with Crippen LogP contribution in [0.4, 0.5) is 17.3 Å². The van der Waals surface area contributed by atoms with Crippen LogP contribution >= 0.6 is 0 Å². The van der Waals surface area contributed by atoms with E-state index in [4.69, 9.17) is 0 Å². The Hall–Kier alpha value is -1.89. The Morgan fingerprint density at radius 1 is 1.40 bits per heavy atom. The molecule has 7 heteroatoms. The van der Waals surface area contributed by atoms with Gasteiger partial charge in [0.1, 0.15) is 11.6 Å². The van der Waals surface area contributed by atoms with E-state index >= 15 is 0 Å². The van der Waals surface area contributed by atoms with Gasteiger partial charge in [-0.2, -0.15) is 0 Å². The summed E-state index contributed by atoms with van der Waals surface area (Å²) >= 11 is 0. The molecule has 2 N–H and O–H groups in total. The number of hydrogen-bond acceptors (Lipinski definition) is 6. The van der Waals surface area contributed by atoms with E-state index in [1.165, 1.54) is 12.1 Å². The summed E-state index contributed by atoms with van der Waals surface area (Å²) in [5, 5.41) is 17.1. The molecule has 0 fully saturated rings. The highest BCUT2D eigenvalue weighted by molar-refractivity contribution is 5.54. The van der Waals surface area contributed by atoms with Crippen molar-refractivity contribution >= 4 is 17.3 Å². The Balaban J connectivity index is 2.79. The quantitative estimate of drug-likeness (QED) is 0.561. The van der Waals surface area contributed by atoms with Gasteiger partial charge in [0.2, 0.25) is 0 Å². The summed E-state index contributed by atoms with van der Waals surface area (Å²) in [5.41, 5.74) is 0.0401. The molecule has 7 nitrogen and oxygen atoms in total. The maximum Gasteiger partial charge on any atom is 0.276 e. The van der Waals surface area contributed by atoms with Crippen LogP contribution in [0.2, 0.25) is 0 Å². The first-order chi connectivity index (χ1) is 9.42.